The molecule has 0 saturated carbocycles. The molecule has 0 N–H and O–H groups in total. The number of carbonyl (C=O) groups excluding carboxylic acids is 2. The van der Waals surface area contributed by atoms with Crippen LogP contribution in [0.15, 0.2) is 0 Å². The van der Waals surface area contributed by atoms with E-state index in [1.807, 2.05) is 23.6 Å². The molecule has 0 radical (unpaired) electrons. The third-order valence-electron chi connectivity index (χ3n) is 3.18. The Labute approximate surface area is 97.6 Å². The summed E-state index contributed by atoms with van der Waals surface area (Å²) in [4.78, 5) is 27.0. The van der Waals surface area contributed by atoms with E-state index in [4.69, 9.17) is 0 Å². The van der Waals surface area contributed by atoms with Crippen molar-refractivity contribution in [3.8, 4) is 0 Å². The van der Waals surface area contributed by atoms with Crippen molar-refractivity contribution < 1.29 is 9.59 Å². The summed E-state index contributed by atoms with van der Waals surface area (Å²) in [5.41, 5.74) is 0. The van der Waals surface area contributed by atoms with Crippen LogP contribution in [0.4, 0.5) is 4.79 Å². The number of hydrogen-bond donors (Lipinski definition) is 0. The van der Waals surface area contributed by atoms with Crippen molar-refractivity contribution in [1.29, 1.82) is 0 Å². The van der Waals surface area contributed by atoms with Crippen LogP contribution in [-0.2, 0) is 4.79 Å². The molecule has 1 unspecified atom stereocenters. The first-order valence-electron chi connectivity index (χ1n) is 6.15. The van der Waals surface area contributed by atoms with E-state index in [9.17, 15) is 9.59 Å². The van der Waals surface area contributed by atoms with Gasteiger partial charge in [-0.05, 0) is 33.6 Å². The predicted octanol–water partition coefficient (Wildman–Crippen LogP) is 1.89. The molecule has 1 atom stereocenters. The van der Waals surface area contributed by atoms with Crippen LogP contribution < -0.4 is 0 Å². The molecular formula is C12H22N2O2. The molecule has 0 aromatic rings. The van der Waals surface area contributed by atoms with Crippen molar-refractivity contribution in [3.63, 3.8) is 0 Å². The molecule has 4 heteroatoms. The fraction of sp³-hybridized carbons (Fsp3) is 0.833. The van der Waals surface area contributed by atoms with Gasteiger partial charge in [0.05, 0.1) is 0 Å². The number of nitrogens with zero attached hydrogens (tertiary/aromatic N) is 2. The SMILES string of the molecule is CCN(CC)C(=O)N1CCCC1CC(C)=O. The molecule has 1 fully saturated rings. The van der Waals surface area contributed by atoms with Gasteiger partial charge in [0.2, 0.25) is 0 Å². The molecule has 0 aromatic carbocycles. The first kappa shape index (κ1) is 13.0. The van der Waals surface area contributed by atoms with E-state index in [1.165, 1.54) is 0 Å². The smallest absolute Gasteiger partial charge is 0.320 e. The molecule has 1 saturated heterocycles. The average Bonchev–Trinajstić information content (AvgIpc) is 2.66. The van der Waals surface area contributed by atoms with E-state index in [-0.39, 0.29) is 17.9 Å². The highest BCUT2D eigenvalue weighted by atomic mass is 16.2. The standard InChI is InChI=1S/C12H22N2O2/c1-4-13(5-2)12(16)14-8-6-7-11(14)9-10(3)15/h11H,4-9H2,1-3H3. The van der Waals surface area contributed by atoms with E-state index in [2.05, 4.69) is 0 Å². The maximum atomic E-state index is 12.1. The molecule has 92 valence electrons. The maximum Gasteiger partial charge on any atom is 0.320 e. The Kier molecular flexibility index (Phi) is 4.77. The van der Waals surface area contributed by atoms with Crippen LogP contribution in [0.3, 0.4) is 0 Å². The van der Waals surface area contributed by atoms with Crippen LogP contribution >= 0.6 is 0 Å². The number of amides is 2. The highest BCUT2D eigenvalue weighted by Gasteiger charge is 2.31. The highest BCUT2D eigenvalue weighted by Crippen LogP contribution is 2.21. The monoisotopic (exact) mass is 226 g/mol. The molecule has 0 spiro atoms. The lowest BCUT2D eigenvalue weighted by Gasteiger charge is -2.30. The topological polar surface area (TPSA) is 40.6 Å². The summed E-state index contributed by atoms with van der Waals surface area (Å²) in [5.74, 6) is 0.171. The summed E-state index contributed by atoms with van der Waals surface area (Å²) in [5, 5.41) is 0. The summed E-state index contributed by atoms with van der Waals surface area (Å²) in [7, 11) is 0. The average molecular weight is 226 g/mol. The van der Waals surface area contributed by atoms with E-state index in [0.29, 0.717) is 6.42 Å². The Morgan fingerprint density at radius 3 is 2.44 bits per heavy atom. The Morgan fingerprint density at radius 1 is 1.31 bits per heavy atom. The number of urea groups is 1. The Hall–Kier alpha value is -1.06. The normalized spacial score (nSPS) is 19.9. The van der Waals surface area contributed by atoms with E-state index < -0.39 is 0 Å². The zero-order chi connectivity index (χ0) is 12.1. The van der Waals surface area contributed by atoms with Crippen LogP contribution in [0.25, 0.3) is 0 Å². The second kappa shape index (κ2) is 5.87. The summed E-state index contributed by atoms with van der Waals surface area (Å²) < 4.78 is 0. The maximum absolute atomic E-state index is 12.1. The first-order chi connectivity index (χ1) is 7.60. The van der Waals surface area contributed by atoms with Gasteiger partial charge >= 0.3 is 6.03 Å². The van der Waals surface area contributed by atoms with Crippen LogP contribution in [0, 0.1) is 0 Å². The van der Waals surface area contributed by atoms with Crippen molar-refractivity contribution in [2.45, 2.75) is 46.1 Å². The lowest BCUT2D eigenvalue weighted by atomic mass is 10.1. The number of Topliss-reactive ketones (excluding diaryl/α,β-unsaturated/α-hetero) is 1. The first-order valence-corrected chi connectivity index (χ1v) is 6.15. The van der Waals surface area contributed by atoms with Gasteiger partial charge in [-0.3, -0.25) is 4.79 Å². The van der Waals surface area contributed by atoms with Crippen LogP contribution in [0.1, 0.15) is 40.0 Å². The fourth-order valence-electron chi connectivity index (χ4n) is 2.31. The zero-order valence-electron chi connectivity index (χ0n) is 10.5. The number of carbonyl (C=O) groups is 2. The molecule has 4 nitrogen and oxygen atoms in total. The predicted molar refractivity (Wildman–Crippen MR) is 63.3 cm³/mol. The van der Waals surface area contributed by atoms with Crippen molar-refractivity contribution >= 4 is 11.8 Å². The Bertz CT molecular complexity index is 262. The van der Waals surface area contributed by atoms with Gasteiger partial charge < -0.3 is 9.80 Å². The summed E-state index contributed by atoms with van der Waals surface area (Å²) in [6, 6.07) is 0.222. The minimum Gasteiger partial charge on any atom is -0.325 e. The lowest BCUT2D eigenvalue weighted by Crippen LogP contribution is -2.45. The van der Waals surface area contributed by atoms with E-state index in [0.717, 1.165) is 32.5 Å². The van der Waals surface area contributed by atoms with Crippen molar-refractivity contribution in [2.24, 2.45) is 0 Å². The Morgan fingerprint density at radius 2 is 1.94 bits per heavy atom. The summed E-state index contributed by atoms with van der Waals surface area (Å²) >= 11 is 0. The number of ketones is 1. The molecule has 0 aromatic heterocycles. The van der Waals surface area contributed by atoms with Crippen LogP contribution in [0.5, 0.6) is 0 Å². The Balaban J connectivity index is 2.63. The minimum absolute atomic E-state index is 0.0914. The minimum atomic E-state index is 0.0914. The molecule has 0 aliphatic carbocycles. The van der Waals surface area contributed by atoms with Gasteiger partial charge in [-0.1, -0.05) is 0 Å². The summed E-state index contributed by atoms with van der Waals surface area (Å²) in [6.07, 6.45) is 2.49. The van der Waals surface area contributed by atoms with Gasteiger partial charge in [-0.15, -0.1) is 0 Å². The van der Waals surface area contributed by atoms with E-state index >= 15 is 0 Å². The van der Waals surface area contributed by atoms with Gasteiger partial charge in [0.25, 0.3) is 0 Å². The van der Waals surface area contributed by atoms with Gasteiger partial charge in [-0.25, -0.2) is 4.79 Å². The quantitative estimate of drug-likeness (QED) is 0.734. The number of likely N-dealkylation sites (tertiary alicyclic amines) is 1. The van der Waals surface area contributed by atoms with Crippen LogP contribution in [0.2, 0.25) is 0 Å². The second-order valence-corrected chi connectivity index (χ2v) is 4.35. The van der Waals surface area contributed by atoms with E-state index in [1.54, 1.807) is 6.92 Å². The molecule has 1 aliphatic rings. The second-order valence-electron chi connectivity index (χ2n) is 4.35. The molecule has 1 rings (SSSR count). The lowest BCUT2D eigenvalue weighted by molar-refractivity contribution is -0.117. The van der Waals surface area contributed by atoms with Gasteiger partial charge in [0, 0.05) is 32.1 Å². The number of hydrogen-bond acceptors (Lipinski definition) is 2. The molecule has 16 heavy (non-hydrogen) atoms. The molecular weight excluding hydrogens is 204 g/mol. The van der Waals surface area contributed by atoms with Gasteiger partial charge in [0.1, 0.15) is 5.78 Å². The van der Waals surface area contributed by atoms with Crippen molar-refractivity contribution in [2.75, 3.05) is 19.6 Å². The molecule has 1 heterocycles. The molecule has 2 amide bonds. The van der Waals surface area contributed by atoms with Crippen molar-refractivity contribution in [3.05, 3.63) is 0 Å². The fourth-order valence-corrected chi connectivity index (χ4v) is 2.31. The zero-order valence-corrected chi connectivity index (χ0v) is 10.5. The van der Waals surface area contributed by atoms with Gasteiger partial charge in [0.15, 0.2) is 0 Å². The highest BCUT2D eigenvalue weighted by molar-refractivity contribution is 5.79. The summed E-state index contributed by atoms with van der Waals surface area (Å²) in [6.45, 7) is 7.83. The third-order valence-corrected chi connectivity index (χ3v) is 3.18. The largest absolute Gasteiger partial charge is 0.325 e. The molecule has 0 bridgehead atoms. The third kappa shape index (κ3) is 2.97. The number of rotatable bonds is 4. The van der Waals surface area contributed by atoms with Gasteiger partial charge in [-0.2, -0.15) is 0 Å². The van der Waals surface area contributed by atoms with Crippen molar-refractivity contribution in [1.82, 2.24) is 9.80 Å². The molecule has 1 aliphatic heterocycles. The van der Waals surface area contributed by atoms with Crippen LogP contribution in [-0.4, -0.2) is 47.3 Å².